The minimum Gasteiger partial charge on any atom is -0.342 e. The molecule has 0 aliphatic heterocycles. The molecule has 3 nitrogen and oxygen atoms in total. The molecule has 1 N–H and O–H groups in total. The maximum absolute atomic E-state index is 13.7. The molecule has 106 valence electrons. The number of nitrogens with one attached hydrogen (secondary N) is 1. The molecule has 1 aromatic carbocycles. The Morgan fingerprint density at radius 2 is 2.20 bits per heavy atom. The van der Waals surface area contributed by atoms with Crippen LogP contribution in [0.15, 0.2) is 34.9 Å². The van der Waals surface area contributed by atoms with Gasteiger partial charge in [-0.25, -0.2) is 4.39 Å². The summed E-state index contributed by atoms with van der Waals surface area (Å²) in [5.41, 5.74) is 1.45. The minimum atomic E-state index is -0.425. The standard InChI is InChI=1S/C15H16BrFN2O/c1-3-7-19-9-11(16)8-13(19)15(20)18-14-10(2)5-4-6-12(14)17/h4-6,8-9H,3,7H2,1-2H3,(H,18,20). The Morgan fingerprint density at radius 1 is 1.45 bits per heavy atom. The van der Waals surface area contributed by atoms with E-state index < -0.39 is 5.82 Å². The molecule has 0 atom stereocenters. The van der Waals surface area contributed by atoms with E-state index in [4.69, 9.17) is 0 Å². The van der Waals surface area contributed by atoms with E-state index >= 15 is 0 Å². The van der Waals surface area contributed by atoms with Gasteiger partial charge in [0.15, 0.2) is 0 Å². The number of benzene rings is 1. The Balaban J connectivity index is 2.28. The van der Waals surface area contributed by atoms with Crippen molar-refractivity contribution in [3.8, 4) is 0 Å². The fourth-order valence-corrected chi connectivity index (χ4v) is 2.52. The van der Waals surface area contributed by atoms with Gasteiger partial charge in [0.1, 0.15) is 11.5 Å². The summed E-state index contributed by atoms with van der Waals surface area (Å²) in [5, 5.41) is 2.65. The number of para-hydroxylation sites is 1. The second kappa shape index (κ2) is 6.22. The summed E-state index contributed by atoms with van der Waals surface area (Å²) in [5.74, 6) is -0.733. The Hall–Kier alpha value is -1.62. The number of hydrogen-bond acceptors (Lipinski definition) is 1. The van der Waals surface area contributed by atoms with Crippen LogP contribution in [-0.2, 0) is 6.54 Å². The van der Waals surface area contributed by atoms with Crippen LogP contribution in [0.1, 0.15) is 29.4 Å². The highest BCUT2D eigenvalue weighted by atomic mass is 79.9. The smallest absolute Gasteiger partial charge is 0.272 e. The van der Waals surface area contributed by atoms with Gasteiger partial charge >= 0.3 is 0 Å². The number of rotatable bonds is 4. The monoisotopic (exact) mass is 338 g/mol. The maximum Gasteiger partial charge on any atom is 0.272 e. The first-order valence-corrected chi connectivity index (χ1v) is 7.24. The summed E-state index contributed by atoms with van der Waals surface area (Å²) >= 11 is 3.36. The zero-order valence-electron chi connectivity index (χ0n) is 11.4. The van der Waals surface area contributed by atoms with Gasteiger partial charge in [-0.15, -0.1) is 0 Å². The lowest BCUT2D eigenvalue weighted by Gasteiger charge is -2.11. The van der Waals surface area contributed by atoms with Crippen LogP contribution in [0, 0.1) is 12.7 Å². The molecule has 0 unspecified atom stereocenters. The van der Waals surface area contributed by atoms with Crippen molar-refractivity contribution in [2.75, 3.05) is 5.32 Å². The van der Waals surface area contributed by atoms with Crippen molar-refractivity contribution in [1.82, 2.24) is 4.57 Å². The largest absolute Gasteiger partial charge is 0.342 e. The van der Waals surface area contributed by atoms with Gasteiger partial charge in [-0.1, -0.05) is 19.1 Å². The first kappa shape index (κ1) is 14.8. The van der Waals surface area contributed by atoms with Crippen molar-refractivity contribution in [2.24, 2.45) is 0 Å². The second-order valence-electron chi connectivity index (χ2n) is 4.62. The molecule has 0 aliphatic carbocycles. The molecular formula is C15H16BrFN2O. The minimum absolute atomic E-state index is 0.234. The number of carbonyl (C=O) groups excluding carboxylic acids is 1. The van der Waals surface area contributed by atoms with Crippen molar-refractivity contribution in [2.45, 2.75) is 26.8 Å². The van der Waals surface area contributed by atoms with Crippen LogP contribution < -0.4 is 5.32 Å². The van der Waals surface area contributed by atoms with Gasteiger partial charge in [-0.05, 0) is 47.0 Å². The molecule has 0 bridgehead atoms. The normalized spacial score (nSPS) is 10.6. The summed E-state index contributed by atoms with van der Waals surface area (Å²) in [6, 6.07) is 6.46. The average Bonchev–Trinajstić information content (AvgIpc) is 2.75. The van der Waals surface area contributed by atoms with Crippen LogP contribution >= 0.6 is 15.9 Å². The van der Waals surface area contributed by atoms with Gasteiger partial charge < -0.3 is 9.88 Å². The first-order valence-electron chi connectivity index (χ1n) is 6.45. The number of aryl methyl sites for hydroxylation is 2. The third-order valence-electron chi connectivity index (χ3n) is 3.02. The molecule has 1 aromatic heterocycles. The molecule has 0 fully saturated rings. The third-order valence-corrected chi connectivity index (χ3v) is 3.45. The number of hydrogen-bond donors (Lipinski definition) is 1. The number of aromatic nitrogens is 1. The van der Waals surface area contributed by atoms with E-state index in [1.807, 2.05) is 17.7 Å². The third kappa shape index (κ3) is 3.10. The van der Waals surface area contributed by atoms with E-state index in [0.29, 0.717) is 11.3 Å². The number of nitrogens with zero attached hydrogens (tertiary/aromatic N) is 1. The summed E-state index contributed by atoms with van der Waals surface area (Å²) in [7, 11) is 0. The summed E-state index contributed by atoms with van der Waals surface area (Å²) in [6.45, 7) is 4.54. The quantitative estimate of drug-likeness (QED) is 0.882. The molecule has 0 saturated heterocycles. The number of carbonyl (C=O) groups is 1. The highest BCUT2D eigenvalue weighted by Crippen LogP contribution is 2.21. The van der Waals surface area contributed by atoms with E-state index in [0.717, 1.165) is 17.4 Å². The zero-order chi connectivity index (χ0) is 14.7. The van der Waals surface area contributed by atoms with E-state index in [1.165, 1.54) is 6.07 Å². The van der Waals surface area contributed by atoms with Gasteiger partial charge in [0, 0.05) is 17.2 Å². The van der Waals surface area contributed by atoms with Gasteiger partial charge in [0.05, 0.1) is 5.69 Å². The lowest BCUT2D eigenvalue weighted by atomic mass is 10.2. The Labute approximate surface area is 125 Å². The van der Waals surface area contributed by atoms with E-state index in [-0.39, 0.29) is 11.6 Å². The van der Waals surface area contributed by atoms with Crippen LogP contribution in [0.3, 0.4) is 0 Å². The molecule has 0 aliphatic rings. The Kier molecular flexibility index (Phi) is 4.60. The van der Waals surface area contributed by atoms with Crippen molar-refractivity contribution in [1.29, 1.82) is 0 Å². The maximum atomic E-state index is 13.7. The van der Waals surface area contributed by atoms with Crippen molar-refractivity contribution < 1.29 is 9.18 Å². The van der Waals surface area contributed by atoms with Crippen LogP contribution in [0.25, 0.3) is 0 Å². The van der Waals surface area contributed by atoms with E-state index in [9.17, 15) is 9.18 Å². The van der Waals surface area contributed by atoms with E-state index in [1.54, 1.807) is 25.1 Å². The Morgan fingerprint density at radius 3 is 2.85 bits per heavy atom. The SMILES string of the molecule is CCCn1cc(Br)cc1C(=O)Nc1c(C)cccc1F. The predicted molar refractivity (Wildman–Crippen MR) is 81.5 cm³/mol. The Bertz CT molecular complexity index is 617. The molecule has 0 radical (unpaired) electrons. The summed E-state index contributed by atoms with van der Waals surface area (Å²) < 4.78 is 16.4. The van der Waals surface area contributed by atoms with Gasteiger partial charge in [-0.3, -0.25) is 4.79 Å². The number of anilines is 1. The summed E-state index contributed by atoms with van der Waals surface area (Å²) in [4.78, 5) is 12.3. The highest BCUT2D eigenvalue weighted by molar-refractivity contribution is 9.10. The van der Waals surface area contributed by atoms with Gasteiger partial charge in [0.25, 0.3) is 5.91 Å². The lowest BCUT2D eigenvalue weighted by molar-refractivity contribution is 0.101. The van der Waals surface area contributed by atoms with Crippen LogP contribution in [-0.4, -0.2) is 10.5 Å². The molecule has 0 saturated carbocycles. The molecule has 0 spiro atoms. The predicted octanol–water partition coefficient (Wildman–Crippen LogP) is 4.36. The zero-order valence-corrected chi connectivity index (χ0v) is 13.0. The lowest BCUT2D eigenvalue weighted by Crippen LogP contribution is -2.18. The van der Waals surface area contributed by atoms with E-state index in [2.05, 4.69) is 21.2 Å². The molecule has 20 heavy (non-hydrogen) atoms. The fourth-order valence-electron chi connectivity index (χ4n) is 2.06. The fraction of sp³-hybridized carbons (Fsp3) is 0.267. The van der Waals surface area contributed by atoms with Gasteiger partial charge in [-0.2, -0.15) is 0 Å². The average molecular weight is 339 g/mol. The molecule has 2 aromatic rings. The van der Waals surface area contributed by atoms with Crippen molar-refractivity contribution >= 4 is 27.5 Å². The first-order chi connectivity index (χ1) is 9.52. The number of amides is 1. The molecule has 5 heteroatoms. The van der Waals surface area contributed by atoms with Crippen LogP contribution in [0.4, 0.5) is 10.1 Å². The van der Waals surface area contributed by atoms with Crippen LogP contribution in [0.2, 0.25) is 0 Å². The molecule has 1 heterocycles. The van der Waals surface area contributed by atoms with Crippen molar-refractivity contribution in [3.63, 3.8) is 0 Å². The second-order valence-corrected chi connectivity index (χ2v) is 5.54. The van der Waals surface area contributed by atoms with Crippen LogP contribution in [0.5, 0.6) is 0 Å². The molecule has 1 amide bonds. The van der Waals surface area contributed by atoms with Crippen molar-refractivity contribution in [3.05, 3.63) is 52.0 Å². The molecule has 2 rings (SSSR count). The molecular weight excluding hydrogens is 323 g/mol. The number of halogens is 2. The summed E-state index contributed by atoms with van der Waals surface area (Å²) in [6.07, 6.45) is 2.77. The van der Waals surface area contributed by atoms with Gasteiger partial charge in [0.2, 0.25) is 0 Å². The topological polar surface area (TPSA) is 34.0 Å². The highest BCUT2D eigenvalue weighted by Gasteiger charge is 2.15.